The van der Waals surface area contributed by atoms with Gasteiger partial charge in [0.25, 0.3) is 0 Å². The van der Waals surface area contributed by atoms with Crippen molar-refractivity contribution >= 4 is 0 Å². The summed E-state index contributed by atoms with van der Waals surface area (Å²) in [5.74, 6) is 0. The molecular weight excluding hydrogens is 244 g/mol. The fourth-order valence-corrected chi connectivity index (χ4v) is 4.19. The number of nitrogens with zero attached hydrogens (tertiary/aromatic N) is 1. The summed E-state index contributed by atoms with van der Waals surface area (Å²) in [6, 6.07) is 12.1. The van der Waals surface area contributed by atoms with Crippen LogP contribution in [0, 0.1) is 0 Å². The van der Waals surface area contributed by atoms with Gasteiger partial charge < -0.3 is 10.2 Å². The largest absolute Gasteiger partial charge is 0.317 e. The van der Waals surface area contributed by atoms with E-state index < -0.39 is 0 Å². The van der Waals surface area contributed by atoms with Gasteiger partial charge in [-0.05, 0) is 51.4 Å². The van der Waals surface area contributed by atoms with Gasteiger partial charge in [0.15, 0.2) is 0 Å². The highest BCUT2D eigenvalue weighted by atomic mass is 15.1. The van der Waals surface area contributed by atoms with Gasteiger partial charge in [-0.15, -0.1) is 0 Å². The second kappa shape index (κ2) is 6.28. The van der Waals surface area contributed by atoms with Gasteiger partial charge in [0.05, 0.1) is 0 Å². The molecule has 1 aliphatic heterocycles. The summed E-state index contributed by atoms with van der Waals surface area (Å²) in [6.45, 7) is 3.55. The molecule has 2 fully saturated rings. The van der Waals surface area contributed by atoms with Crippen molar-refractivity contribution in [3.05, 3.63) is 35.9 Å². The highest BCUT2D eigenvalue weighted by Gasteiger charge is 2.36. The number of hydrogen-bond donors (Lipinski definition) is 1. The van der Waals surface area contributed by atoms with Crippen LogP contribution in [0.4, 0.5) is 0 Å². The average Bonchev–Trinajstić information content (AvgIpc) is 3.03. The number of likely N-dealkylation sites (N-methyl/N-ethyl adjacent to an activating group) is 1. The van der Waals surface area contributed by atoms with E-state index in [1.807, 2.05) is 0 Å². The van der Waals surface area contributed by atoms with Crippen molar-refractivity contribution < 1.29 is 0 Å². The predicted octanol–water partition coefficient (Wildman–Crippen LogP) is 3.18. The average molecular weight is 272 g/mol. The zero-order chi connectivity index (χ0) is 13.8. The van der Waals surface area contributed by atoms with Crippen molar-refractivity contribution in [3.8, 4) is 0 Å². The van der Waals surface area contributed by atoms with Crippen molar-refractivity contribution in [2.45, 2.75) is 50.0 Å². The zero-order valence-corrected chi connectivity index (χ0v) is 12.8. The Morgan fingerprint density at radius 2 is 1.75 bits per heavy atom. The summed E-state index contributed by atoms with van der Waals surface area (Å²) in [4.78, 5) is 2.66. The third kappa shape index (κ3) is 2.91. The van der Waals surface area contributed by atoms with Crippen molar-refractivity contribution in [1.82, 2.24) is 10.2 Å². The zero-order valence-electron chi connectivity index (χ0n) is 12.8. The van der Waals surface area contributed by atoms with Crippen LogP contribution in [-0.4, -0.2) is 37.6 Å². The molecule has 2 nitrogen and oxygen atoms in total. The van der Waals surface area contributed by atoms with E-state index in [1.54, 1.807) is 5.56 Å². The molecule has 1 N–H and O–H groups in total. The topological polar surface area (TPSA) is 15.3 Å². The first kappa shape index (κ1) is 14.1. The quantitative estimate of drug-likeness (QED) is 0.905. The molecule has 0 bridgehead atoms. The molecule has 3 rings (SSSR count). The van der Waals surface area contributed by atoms with Crippen LogP contribution in [-0.2, 0) is 5.41 Å². The molecule has 2 heteroatoms. The highest BCUT2D eigenvalue weighted by molar-refractivity contribution is 5.27. The van der Waals surface area contributed by atoms with Crippen LogP contribution in [0.15, 0.2) is 30.3 Å². The number of nitrogens with one attached hydrogen (secondary N) is 1. The summed E-state index contributed by atoms with van der Waals surface area (Å²) in [5.41, 5.74) is 1.91. The van der Waals surface area contributed by atoms with E-state index in [4.69, 9.17) is 0 Å². The normalized spacial score (nSPS) is 23.3. The Hall–Kier alpha value is -0.860. The lowest BCUT2D eigenvalue weighted by Crippen LogP contribution is -2.48. The Bertz CT molecular complexity index is 403. The lowest BCUT2D eigenvalue weighted by molar-refractivity contribution is 0.160. The number of rotatable bonds is 4. The number of piperidine rings is 1. The van der Waals surface area contributed by atoms with Gasteiger partial charge in [0, 0.05) is 18.0 Å². The molecule has 1 heterocycles. The van der Waals surface area contributed by atoms with Crippen molar-refractivity contribution in [3.63, 3.8) is 0 Å². The summed E-state index contributed by atoms with van der Waals surface area (Å²) in [5, 5.41) is 3.53. The van der Waals surface area contributed by atoms with E-state index in [-0.39, 0.29) is 0 Å². The maximum Gasteiger partial charge on any atom is 0.0104 e. The first-order chi connectivity index (χ1) is 9.80. The van der Waals surface area contributed by atoms with Gasteiger partial charge in [-0.3, -0.25) is 0 Å². The first-order valence-corrected chi connectivity index (χ1v) is 8.27. The molecule has 0 radical (unpaired) electrons. The molecule has 1 aromatic rings. The second-order valence-electron chi connectivity index (χ2n) is 6.75. The van der Waals surface area contributed by atoms with Gasteiger partial charge >= 0.3 is 0 Å². The molecule has 0 aromatic heterocycles. The van der Waals surface area contributed by atoms with Crippen LogP contribution in [0.1, 0.15) is 44.1 Å². The minimum atomic E-state index is 0.365. The first-order valence-electron chi connectivity index (χ1n) is 8.27. The van der Waals surface area contributed by atoms with Crippen LogP contribution in [0.5, 0.6) is 0 Å². The predicted molar refractivity (Wildman–Crippen MR) is 85.1 cm³/mol. The molecule has 1 saturated heterocycles. The molecule has 1 aliphatic carbocycles. The third-order valence-electron chi connectivity index (χ3n) is 5.45. The lowest BCUT2D eigenvalue weighted by Gasteiger charge is -2.42. The smallest absolute Gasteiger partial charge is 0.0104 e. The highest BCUT2D eigenvalue weighted by Crippen LogP contribution is 2.36. The molecular formula is C18H28N2. The Morgan fingerprint density at radius 3 is 2.40 bits per heavy atom. The van der Waals surface area contributed by atoms with E-state index in [1.165, 1.54) is 45.1 Å². The maximum atomic E-state index is 3.53. The summed E-state index contributed by atoms with van der Waals surface area (Å²) in [7, 11) is 2.35. The molecule has 0 amide bonds. The molecule has 1 aromatic carbocycles. The van der Waals surface area contributed by atoms with E-state index >= 15 is 0 Å². The van der Waals surface area contributed by atoms with Gasteiger partial charge in [-0.1, -0.05) is 43.2 Å². The summed E-state index contributed by atoms with van der Waals surface area (Å²) < 4.78 is 0. The van der Waals surface area contributed by atoms with E-state index in [0.29, 0.717) is 5.41 Å². The standard InChI is InChI=1S/C18H28N2/c1-20(17-9-5-6-10-17)15-18(11-13-19-14-12-18)16-7-3-2-4-8-16/h2-4,7-8,17,19H,5-6,9-15H2,1H3. The number of hydrogen-bond acceptors (Lipinski definition) is 2. The Kier molecular flexibility index (Phi) is 4.42. The Morgan fingerprint density at radius 1 is 1.10 bits per heavy atom. The molecule has 0 unspecified atom stereocenters. The van der Waals surface area contributed by atoms with Crippen LogP contribution >= 0.6 is 0 Å². The Labute approximate surface area is 123 Å². The maximum absolute atomic E-state index is 3.53. The van der Waals surface area contributed by atoms with Gasteiger partial charge in [-0.25, -0.2) is 0 Å². The minimum Gasteiger partial charge on any atom is -0.317 e. The van der Waals surface area contributed by atoms with Gasteiger partial charge in [0.2, 0.25) is 0 Å². The van der Waals surface area contributed by atoms with E-state index in [2.05, 4.69) is 47.6 Å². The van der Waals surface area contributed by atoms with Crippen molar-refractivity contribution in [2.24, 2.45) is 0 Å². The molecule has 110 valence electrons. The summed E-state index contributed by atoms with van der Waals surface area (Å²) >= 11 is 0. The fraction of sp³-hybridized carbons (Fsp3) is 0.667. The minimum absolute atomic E-state index is 0.365. The third-order valence-corrected chi connectivity index (χ3v) is 5.45. The lowest BCUT2D eigenvalue weighted by atomic mass is 9.72. The Balaban J connectivity index is 1.78. The number of benzene rings is 1. The van der Waals surface area contributed by atoms with Crippen LogP contribution < -0.4 is 5.32 Å². The monoisotopic (exact) mass is 272 g/mol. The van der Waals surface area contributed by atoms with Crippen LogP contribution in [0.25, 0.3) is 0 Å². The fourth-order valence-electron chi connectivity index (χ4n) is 4.19. The van der Waals surface area contributed by atoms with E-state index in [0.717, 1.165) is 19.1 Å². The SMILES string of the molecule is CN(CC1(c2ccccc2)CCNCC1)C1CCCC1. The second-order valence-corrected chi connectivity index (χ2v) is 6.75. The molecule has 0 atom stereocenters. The van der Waals surface area contributed by atoms with Gasteiger partial charge in [-0.2, -0.15) is 0 Å². The molecule has 2 aliphatic rings. The van der Waals surface area contributed by atoms with Crippen molar-refractivity contribution in [2.75, 3.05) is 26.7 Å². The van der Waals surface area contributed by atoms with Gasteiger partial charge in [0.1, 0.15) is 0 Å². The van der Waals surface area contributed by atoms with Crippen molar-refractivity contribution in [1.29, 1.82) is 0 Å². The molecule has 20 heavy (non-hydrogen) atoms. The van der Waals surface area contributed by atoms with Crippen LogP contribution in [0.3, 0.4) is 0 Å². The summed E-state index contributed by atoms with van der Waals surface area (Å²) in [6.07, 6.45) is 8.20. The van der Waals surface area contributed by atoms with Crippen LogP contribution in [0.2, 0.25) is 0 Å². The van der Waals surface area contributed by atoms with E-state index in [9.17, 15) is 0 Å². The molecule has 1 saturated carbocycles. The molecule has 0 spiro atoms.